The van der Waals surface area contributed by atoms with Crippen molar-refractivity contribution in [3.63, 3.8) is 0 Å². The first kappa shape index (κ1) is 21.5. The number of fused-ring (bicyclic) bond motifs is 2. The van der Waals surface area contributed by atoms with Gasteiger partial charge in [-0.3, -0.25) is 9.59 Å². The van der Waals surface area contributed by atoms with Gasteiger partial charge in [-0.05, 0) is 55.1 Å². The van der Waals surface area contributed by atoms with Crippen molar-refractivity contribution in [3.8, 4) is 5.69 Å². The van der Waals surface area contributed by atoms with E-state index < -0.39 is 0 Å². The van der Waals surface area contributed by atoms with Crippen LogP contribution in [-0.4, -0.2) is 43.8 Å². The van der Waals surface area contributed by atoms with Gasteiger partial charge in [-0.1, -0.05) is 6.07 Å². The molecule has 0 bridgehead atoms. The quantitative estimate of drug-likeness (QED) is 0.461. The molecule has 0 saturated heterocycles. The maximum atomic E-state index is 13.3. The Morgan fingerprint density at radius 3 is 2.83 bits per heavy atom. The second-order valence-corrected chi connectivity index (χ2v) is 9.11. The lowest BCUT2D eigenvalue weighted by molar-refractivity contribution is -0.116. The largest absolute Gasteiger partial charge is 0.324 e. The van der Waals surface area contributed by atoms with Crippen molar-refractivity contribution in [3.05, 3.63) is 64.2 Å². The van der Waals surface area contributed by atoms with Gasteiger partial charge < -0.3 is 15.5 Å². The van der Waals surface area contributed by atoms with E-state index in [9.17, 15) is 9.59 Å². The first-order valence-corrected chi connectivity index (χ1v) is 11.8. The number of rotatable bonds is 5. The molecule has 35 heavy (non-hydrogen) atoms. The summed E-state index contributed by atoms with van der Waals surface area (Å²) in [5.74, 6) is 0.798. The number of carbonyl (C=O) groups excluding carboxylic acids is 1. The summed E-state index contributed by atoms with van der Waals surface area (Å²) < 4.78 is 3.59. The number of aromatic nitrogens is 5. The summed E-state index contributed by atoms with van der Waals surface area (Å²) in [6.45, 7) is 3.33. The molecule has 2 aliphatic rings. The highest BCUT2D eigenvalue weighted by Crippen LogP contribution is 2.36. The fourth-order valence-corrected chi connectivity index (χ4v) is 4.52. The smallest absolute Gasteiger partial charge is 0.278 e. The Balaban J connectivity index is 1.45. The maximum absolute atomic E-state index is 13.3. The standard InChI is InChI=1S/C25H26N8O2/c1-15(34)31(2)22-12-20(8-10-27-22)32-23-21(24(35)33(32)19-5-6-19)14-28-25(30-23)29-18-4-3-17-13-26-9-7-16(17)11-18/h3-4,8,10-12,14,19,26H,5-7,9,13H2,1-2H3,(H,28,29,30). The molecule has 1 fully saturated rings. The van der Waals surface area contributed by atoms with Gasteiger partial charge in [0.05, 0.1) is 11.7 Å². The molecule has 0 radical (unpaired) electrons. The Hall–Kier alpha value is -4.05. The molecule has 1 saturated carbocycles. The van der Waals surface area contributed by atoms with E-state index in [0.717, 1.165) is 38.0 Å². The molecule has 2 N–H and O–H groups in total. The molecule has 1 amide bonds. The first-order chi connectivity index (χ1) is 17.0. The molecule has 1 aliphatic heterocycles. The zero-order valence-corrected chi connectivity index (χ0v) is 19.7. The monoisotopic (exact) mass is 470 g/mol. The van der Waals surface area contributed by atoms with Crippen molar-refractivity contribution in [2.75, 3.05) is 23.8 Å². The highest BCUT2D eigenvalue weighted by molar-refractivity contribution is 5.90. The summed E-state index contributed by atoms with van der Waals surface area (Å²) in [6, 6.07) is 10.0. The van der Waals surface area contributed by atoms with Gasteiger partial charge in [0.15, 0.2) is 5.65 Å². The number of nitrogens with zero attached hydrogens (tertiary/aromatic N) is 6. The molecule has 4 heterocycles. The molecule has 6 rings (SSSR count). The summed E-state index contributed by atoms with van der Waals surface area (Å²) in [4.78, 5) is 40.2. The molecule has 4 aromatic rings. The van der Waals surface area contributed by atoms with Gasteiger partial charge in [0, 0.05) is 44.7 Å². The third kappa shape index (κ3) is 3.85. The molecular formula is C25H26N8O2. The van der Waals surface area contributed by atoms with E-state index >= 15 is 0 Å². The van der Waals surface area contributed by atoms with Crippen LogP contribution >= 0.6 is 0 Å². The second kappa shape index (κ2) is 8.31. The number of pyridine rings is 1. The van der Waals surface area contributed by atoms with E-state index in [2.05, 4.69) is 32.7 Å². The Kier molecular flexibility index (Phi) is 5.10. The van der Waals surface area contributed by atoms with Crippen LogP contribution in [0.15, 0.2) is 47.5 Å². The van der Waals surface area contributed by atoms with Crippen molar-refractivity contribution in [2.24, 2.45) is 0 Å². The zero-order valence-electron chi connectivity index (χ0n) is 19.7. The second-order valence-electron chi connectivity index (χ2n) is 9.11. The van der Waals surface area contributed by atoms with Crippen LogP contribution in [0, 0.1) is 0 Å². The summed E-state index contributed by atoms with van der Waals surface area (Å²) in [6.07, 6.45) is 6.08. The van der Waals surface area contributed by atoms with E-state index in [-0.39, 0.29) is 17.5 Å². The molecule has 1 aliphatic carbocycles. The Morgan fingerprint density at radius 2 is 2.03 bits per heavy atom. The van der Waals surface area contributed by atoms with Gasteiger partial charge in [0.25, 0.3) is 5.56 Å². The molecule has 3 aromatic heterocycles. The fourth-order valence-electron chi connectivity index (χ4n) is 4.52. The van der Waals surface area contributed by atoms with E-state index in [0.29, 0.717) is 28.5 Å². The maximum Gasteiger partial charge on any atom is 0.278 e. The molecule has 0 unspecified atom stereocenters. The van der Waals surface area contributed by atoms with Gasteiger partial charge in [0.2, 0.25) is 11.9 Å². The number of carbonyl (C=O) groups is 1. The Morgan fingerprint density at radius 1 is 1.17 bits per heavy atom. The summed E-state index contributed by atoms with van der Waals surface area (Å²) in [5, 5.41) is 7.15. The van der Waals surface area contributed by atoms with E-state index in [1.165, 1.54) is 23.0 Å². The lowest BCUT2D eigenvalue weighted by atomic mass is 10.0. The fraction of sp³-hybridized carbons (Fsp3) is 0.320. The van der Waals surface area contributed by atoms with Crippen LogP contribution in [0.25, 0.3) is 16.7 Å². The highest BCUT2D eigenvalue weighted by atomic mass is 16.2. The Labute approximate surface area is 201 Å². The van der Waals surface area contributed by atoms with Crippen LogP contribution in [0.1, 0.15) is 36.9 Å². The van der Waals surface area contributed by atoms with Crippen molar-refractivity contribution >= 4 is 34.4 Å². The molecule has 10 heteroatoms. The average Bonchev–Trinajstić information content (AvgIpc) is 3.67. The van der Waals surface area contributed by atoms with Gasteiger partial charge in [0.1, 0.15) is 11.2 Å². The van der Waals surface area contributed by atoms with Gasteiger partial charge in [-0.2, -0.15) is 4.98 Å². The predicted molar refractivity (Wildman–Crippen MR) is 133 cm³/mol. The lowest BCUT2D eigenvalue weighted by Crippen LogP contribution is -2.25. The van der Waals surface area contributed by atoms with Crippen LogP contribution < -0.4 is 21.1 Å². The molecule has 1 aromatic carbocycles. The van der Waals surface area contributed by atoms with Crippen LogP contribution in [-0.2, 0) is 17.8 Å². The summed E-state index contributed by atoms with van der Waals surface area (Å²) in [5.41, 5.74) is 4.64. The van der Waals surface area contributed by atoms with E-state index in [4.69, 9.17) is 4.98 Å². The van der Waals surface area contributed by atoms with Gasteiger partial charge in [-0.15, -0.1) is 0 Å². The lowest BCUT2D eigenvalue weighted by Gasteiger charge is -2.18. The van der Waals surface area contributed by atoms with Crippen molar-refractivity contribution < 1.29 is 4.79 Å². The van der Waals surface area contributed by atoms with E-state index in [1.54, 1.807) is 30.2 Å². The highest BCUT2D eigenvalue weighted by Gasteiger charge is 2.31. The molecule has 0 atom stereocenters. The summed E-state index contributed by atoms with van der Waals surface area (Å²) in [7, 11) is 1.68. The number of hydrogen-bond acceptors (Lipinski definition) is 7. The minimum absolute atomic E-state index is 0.115. The van der Waals surface area contributed by atoms with Crippen LogP contribution in [0.5, 0.6) is 0 Å². The predicted octanol–water partition coefficient (Wildman–Crippen LogP) is 2.68. The van der Waals surface area contributed by atoms with Crippen LogP contribution in [0.3, 0.4) is 0 Å². The molecular weight excluding hydrogens is 444 g/mol. The van der Waals surface area contributed by atoms with Crippen LogP contribution in [0.4, 0.5) is 17.5 Å². The molecule has 0 spiro atoms. The number of nitrogens with one attached hydrogen (secondary N) is 2. The number of anilines is 3. The first-order valence-electron chi connectivity index (χ1n) is 11.8. The number of amides is 1. The molecule has 178 valence electrons. The molecule has 10 nitrogen and oxygen atoms in total. The van der Waals surface area contributed by atoms with Gasteiger partial charge >= 0.3 is 0 Å². The van der Waals surface area contributed by atoms with Gasteiger partial charge in [-0.25, -0.2) is 19.3 Å². The van der Waals surface area contributed by atoms with Crippen LogP contribution in [0.2, 0.25) is 0 Å². The topological polar surface area (TPSA) is 110 Å². The average molecular weight is 471 g/mol. The normalized spacial score (nSPS) is 15.1. The van der Waals surface area contributed by atoms with Crippen molar-refractivity contribution in [1.82, 2.24) is 29.6 Å². The minimum atomic E-state index is -0.124. The zero-order chi connectivity index (χ0) is 24.1. The number of hydrogen-bond donors (Lipinski definition) is 2. The third-order valence-electron chi connectivity index (χ3n) is 6.65. The van der Waals surface area contributed by atoms with E-state index in [1.807, 2.05) is 16.8 Å². The number of benzene rings is 1. The SMILES string of the molecule is CC(=O)N(C)c1cc(-n2c3nc(Nc4ccc5c(c4)CCNC5)ncc3c(=O)n2C2CC2)ccn1. The minimum Gasteiger partial charge on any atom is -0.324 e. The third-order valence-corrected chi connectivity index (χ3v) is 6.65. The van der Waals surface area contributed by atoms with Crippen molar-refractivity contribution in [1.29, 1.82) is 0 Å². The Bertz CT molecular complexity index is 1520. The summed E-state index contributed by atoms with van der Waals surface area (Å²) >= 11 is 0. The van der Waals surface area contributed by atoms with Crippen molar-refractivity contribution in [2.45, 2.75) is 38.8 Å².